The second-order valence-electron chi connectivity index (χ2n) is 3.57. The third kappa shape index (κ3) is 2.38. The van der Waals surface area contributed by atoms with Gasteiger partial charge in [-0.2, -0.15) is 0 Å². The van der Waals surface area contributed by atoms with Crippen molar-refractivity contribution in [2.45, 2.75) is 6.10 Å². The molecule has 5 heteroatoms. The molecule has 3 N–H and O–H groups in total. The van der Waals surface area contributed by atoms with Crippen LogP contribution < -0.4 is 5.73 Å². The Kier molecular flexibility index (Phi) is 3.26. The van der Waals surface area contributed by atoms with Crippen molar-refractivity contribution in [2.24, 2.45) is 0 Å². The van der Waals surface area contributed by atoms with Gasteiger partial charge in [0.1, 0.15) is 11.9 Å². The number of rotatable bonds is 2. The number of hydrogen-bond donors (Lipinski definition) is 2. The van der Waals surface area contributed by atoms with Gasteiger partial charge in [0.05, 0.1) is 0 Å². The van der Waals surface area contributed by atoms with Gasteiger partial charge < -0.3 is 10.8 Å². The molecule has 3 nitrogen and oxygen atoms in total. The summed E-state index contributed by atoms with van der Waals surface area (Å²) in [6.07, 6.45) is 1.97. The lowest BCUT2D eigenvalue weighted by Gasteiger charge is -2.14. The van der Waals surface area contributed by atoms with Gasteiger partial charge in [-0.1, -0.05) is 17.7 Å². The number of nitrogen functional groups attached to an aromatic ring is 1. The molecule has 1 heterocycles. The third-order valence-electron chi connectivity index (χ3n) is 2.44. The Bertz CT molecular complexity index is 548. The molecule has 0 aliphatic rings. The second-order valence-corrected chi connectivity index (χ2v) is 3.98. The van der Waals surface area contributed by atoms with E-state index >= 15 is 0 Å². The summed E-state index contributed by atoms with van der Waals surface area (Å²) in [5.74, 6) is -0.454. The van der Waals surface area contributed by atoms with E-state index in [9.17, 15) is 9.50 Å². The van der Waals surface area contributed by atoms with Crippen LogP contribution in [0.4, 0.5) is 10.1 Å². The largest absolute Gasteiger partial charge is 0.398 e. The number of nitrogens with two attached hydrogens (primary N) is 1. The first kappa shape index (κ1) is 11.8. The monoisotopic (exact) mass is 252 g/mol. The predicted octanol–water partition coefficient (Wildman–Crippen LogP) is 2.54. The molecule has 0 spiro atoms. The summed E-state index contributed by atoms with van der Waals surface area (Å²) in [6, 6.07) is 5.38. The van der Waals surface area contributed by atoms with Gasteiger partial charge in [0.15, 0.2) is 0 Å². The molecule has 0 saturated heterocycles. The molecule has 0 saturated carbocycles. The smallest absolute Gasteiger partial charge is 0.124 e. The molecule has 0 radical (unpaired) electrons. The average Bonchev–Trinajstić information content (AvgIpc) is 2.29. The van der Waals surface area contributed by atoms with Crippen molar-refractivity contribution >= 4 is 17.3 Å². The van der Waals surface area contributed by atoms with Crippen molar-refractivity contribution in [1.29, 1.82) is 0 Å². The summed E-state index contributed by atoms with van der Waals surface area (Å²) < 4.78 is 12.9. The van der Waals surface area contributed by atoms with Gasteiger partial charge >= 0.3 is 0 Å². The first-order chi connectivity index (χ1) is 8.09. The second kappa shape index (κ2) is 4.69. The first-order valence-corrected chi connectivity index (χ1v) is 5.30. The van der Waals surface area contributed by atoms with Gasteiger partial charge in [0.25, 0.3) is 0 Å². The van der Waals surface area contributed by atoms with Gasteiger partial charge in [-0.25, -0.2) is 4.39 Å². The minimum Gasteiger partial charge on any atom is -0.398 e. The SMILES string of the molecule is Nc1ccncc1C(O)c1ccc(F)cc1Cl. The highest BCUT2D eigenvalue weighted by Crippen LogP contribution is 2.30. The summed E-state index contributed by atoms with van der Waals surface area (Å²) in [5, 5.41) is 10.3. The van der Waals surface area contributed by atoms with Crippen LogP contribution in [0.25, 0.3) is 0 Å². The van der Waals surface area contributed by atoms with E-state index < -0.39 is 11.9 Å². The van der Waals surface area contributed by atoms with E-state index in [4.69, 9.17) is 17.3 Å². The van der Waals surface area contributed by atoms with Gasteiger partial charge in [-0.05, 0) is 18.2 Å². The summed E-state index contributed by atoms with van der Waals surface area (Å²) in [5.41, 5.74) is 6.97. The van der Waals surface area contributed by atoms with Crippen LogP contribution in [0.5, 0.6) is 0 Å². The van der Waals surface area contributed by atoms with E-state index in [1.54, 1.807) is 6.07 Å². The van der Waals surface area contributed by atoms with Crippen molar-refractivity contribution in [3.05, 3.63) is 58.6 Å². The minimum atomic E-state index is -1.02. The molecule has 0 aliphatic carbocycles. The Morgan fingerprint density at radius 1 is 1.29 bits per heavy atom. The highest BCUT2D eigenvalue weighted by molar-refractivity contribution is 6.31. The maximum Gasteiger partial charge on any atom is 0.124 e. The van der Waals surface area contributed by atoms with E-state index in [1.165, 1.54) is 24.5 Å². The van der Waals surface area contributed by atoms with Crippen LogP contribution in [0.2, 0.25) is 5.02 Å². The number of halogens is 2. The van der Waals surface area contributed by atoms with E-state index in [0.717, 1.165) is 6.07 Å². The fraction of sp³-hybridized carbons (Fsp3) is 0.0833. The predicted molar refractivity (Wildman–Crippen MR) is 64.1 cm³/mol. The van der Waals surface area contributed by atoms with E-state index in [-0.39, 0.29) is 5.02 Å². The first-order valence-electron chi connectivity index (χ1n) is 4.92. The highest BCUT2D eigenvalue weighted by Gasteiger charge is 2.16. The van der Waals surface area contributed by atoms with Crippen molar-refractivity contribution in [1.82, 2.24) is 4.98 Å². The lowest BCUT2D eigenvalue weighted by molar-refractivity contribution is 0.220. The normalized spacial score (nSPS) is 12.4. The molecule has 0 amide bonds. The fourth-order valence-corrected chi connectivity index (χ4v) is 1.81. The fourth-order valence-electron chi connectivity index (χ4n) is 1.54. The maximum atomic E-state index is 12.9. The maximum absolute atomic E-state index is 12.9. The number of aromatic nitrogens is 1. The molecule has 2 aromatic rings. The Labute approximate surface area is 103 Å². The average molecular weight is 253 g/mol. The van der Waals surface area contributed by atoms with Gasteiger partial charge in [0, 0.05) is 34.2 Å². The molecule has 1 aromatic heterocycles. The zero-order valence-electron chi connectivity index (χ0n) is 8.77. The Morgan fingerprint density at radius 3 is 2.71 bits per heavy atom. The number of aliphatic hydroxyl groups excluding tert-OH is 1. The topological polar surface area (TPSA) is 59.1 Å². The van der Waals surface area contributed by atoms with Crippen LogP contribution in [-0.4, -0.2) is 10.1 Å². The van der Waals surface area contributed by atoms with Crippen LogP contribution in [0.3, 0.4) is 0 Å². The molecule has 1 aromatic carbocycles. The number of aliphatic hydroxyl groups is 1. The highest BCUT2D eigenvalue weighted by atomic mass is 35.5. The summed E-state index contributed by atoms with van der Waals surface area (Å²) in [7, 11) is 0. The number of nitrogens with zero attached hydrogens (tertiary/aromatic N) is 1. The van der Waals surface area contributed by atoms with Crippen LogP contribution in [-0.2, 0) is 0 Å². The molecule has 0 fully saturated rings. The quantitative estimate of drug-likeness (QED) is 0.864. The van der Waals surface area contributed by atoms with E-state index in [0.29, 0.717) is 16.8 Å². The molecule has 1 atom stereocenters. The Balaban J connectivity index is 2.44. The summed E-state index contributed by atoms with van der Waals surface area (Å²) in [6.45, 7) is 0. The zero-order chi connectivity index (χ0) is 12.4. The molecule has 1 unspecified atom stereocenters. The van der Waals surface area contributed by atoms with Gasteiger partial charge in [-0.3, -0.25) is 4.98 Å². The third-order valence-corrected chi connectivity index (χ3v) is 2.77. The van der Waals surface area contributed by atoms with Gasteiger partial charge in [-0.15, -0.1) is 0 Å². The number of pyridine rings is 1. The van der Waals surface area contributed by atoms with E-state index in [1.807, 2.05) is 0 Å². The van der Waals surface area contributed by atoms with Crippen LogP contribution >= 0.6 is 11.6 Å². The molecular formula is C12H10ClFN2O. The van der Waals surface area contributed by atoms with Crippen molar-refractivity contribution in [3.8, 4) is 0 Å². The summed E-state index contributed by atoms with van der Waals surface area (Å²) in [4.78, 5) is 3.88. The number of benzene rings is 1. The van der Waals surface area contributed by atoms with Crippen LogP contribution in [0, 0.1) is 5.82 Å². The zero-order valence-corrected chi connectivity index (χ0v) is 9.53. The van der Waals surface area contributed by atoms with E-state index in [2.05, 4.69) is 4.98 Å². The van der Waals surface area contributed by atoms with Gasteiger partial charge in [0.2, 0.25) is 0 Å². The molecule has 0 aliphatic heterocycles. The van der Waals surface area contributed by atoms with Crippen LogP contribution in [0.1, 0.15) is 17.2 Å². The minimum absolute atomic E-state index is 0.153. The standard InChI is InChI=1S/C12H10ClFN2O/c13-10-5-7(14)1-2-8(10)12(17)9-6-16-4-3-11(9)15/h1-6,12,17H,(H2,15,16). The molecular weight excluding hydrogens is 243 g/mol. The van der Waals surface area contributed by atoms with Crippen molar-refractivity contribution in [3.63, 3.8) is 0 Å². The molecule has 0 bridgehead atoms. The lowest BCUT2D eigenvalue weighted by Crippen LogP contribution is -2.05. The summed E-state index contributed by atoms with van der Waals surface area (Å²) >= 11 is 5.87. The van der Waals surface area contributed by atoms with Crippen molar-refractivity contribution in [2.75, 3.05) is 5.73 Å². The Morgan fingerprint density at radius 2 is 2.06 bits per heavy atom. The Hall–Kier alpha value is -1.65. The molecule has 17 heavy (non-hydrogen) atoms. The number of anilines is 1. The molecule has 2 rings (SSSR count). The molecule has 88 valence electrons. The van der Waals surface area contributed by atoms with Crippen molar-refractivity contribution < 1.29 is 9.50 Å². The lowest BCUT2D eigenvalue weighted by atomic mass is 10.0. The number of hydrogen-bond acceptors (Lipinski definition) is 3. The van der Waals surface area contributed by atoms with Crippen LogP contribution in [0.15, 0.2) is 36.7 Å².